The molecule has 0 fully saturated rings. The summed E-state index contributed by atoms with van der Waals surface area (Å²) in [6, 6.07) is 7.46. The van der Waals surface area contributed by atoms with E-state index >= 15 is 0 Å². The van der Waals surface area contributed by atoms with Crippen LogP contribution in [0.5, 0.6) is 0 Å². The van der Waals surface area contributed by atoms with Crippen molar-refractivity contribution in [2.45, 2.75) is 38.0 Å². The van der Waals surface area contributed by atoms with E-state index in [9.17, 15) is 4.79 Å². The van der Waals surface area contributed by atoms with E-state index in [4.69, 9.17) is 23.2 Å². The lowest BCUT2D eigenvalue weighted by Crippen LogP contribution is -2.15. The Morgan fingerprint density at radius 1 is 1.30 bits per heavy atom. The van der Waals surface area contributed by atoms with Crippen LogP contribution in [0.3, 0.4) is 0 Å². The van der Waals surface area contributed by atoms with Crippen LogP contribution >= 0.6 is 46.3 Å². The number of hydrogen-bond acceptors (Lipinski definition) is 4. The van der Waals surface area contributed by atoms with Gasteiger partial charge in [-0.15, -0.1) is 11.3 Å². The second kappa shape index (κ2) is 8.39. The van der Waals surface area contributed by atoms with Gasteiger partial charge in [-0.1, -0.05) is 61.8 Å². The molecular formula is C20H20Cl2N2OS2. The van der Waals surface area contributed by atoms with Crippen LogP contribution in [0, 0.1) is 0 Å². The van der Waals surface area contributed by atoms with Gasteiger partial charge in [0.2, 0.25) is 5.12 Å². The molecule has 0 aliphatic carbocycles. The van der Waals surface area contributed by atoms with E-state index in [-0.39, 0.29) is 15.8 Å². The molecule has 0 radical (unpaired) electrons. The topological polar surface area (TPSA) is 34.9 Å². The second-order valence-electron chi connectivity index (χ2n) is 7.23. The lowest BCUT2D eigenvalue weighted by Gasteiger charge is -2.21. The van der Waals surface area contributed by atoms with Crippen molar-refractivity contribution in [3.63, 3.8) is 0 Å². The fraction of sp³-hybridized carbons (Fsp3) is 0.300. The quantitative estimate of drug-likeness (QED) is 0.435. The number of carbonyl (C=O) groups is 1. The number of imidazole rings is 1. The van der Waals surface area contributed by atoms with Gasteiger partial charge in [-0.25, -0.2) is 4.98 Å². The van der Waals surface area contributed by atoms with E-state index in [0.29, 0.717) is 16.6 Å². The number of thiophene rings is 1. The third kappa shape index (κ3) is 4.96. The summed E-state index contributed by atoms with van der Waals surface area (Å²) >= 11 is 15.3. The van der Waals surface area contributed by atoms with Crippen molar-refractivity contribution in [1.82, 2.24) is 9.55 Å². The highest BCUT2D eigenvalue weighted by molar-refractivity contribution is 8.14. The molecule has 0 aliphatic rings. The third-order valence-electron chi connectivity index (χ3n) is 4.15. The molecule has 0 spiro atoms. The average molecular weight is 439 g/mol. The van der Waals surface area contributed by atoms with Crippen LogP contribution in [0.2, 0.25) is 10.0 Å². The zero-order valence-corrected chi connectivity index (χ0v) is 18.4. The molecule has 27 heavy (non-hydrogen) atoms. The van der Waals surface area contributed by atoms with Gasteiger partial charge < -0.3 is 4.57 Å². The summed E-state index contributed by atoms with van der Waals surface area (Å²) in [5.74, 6) is 0. The Morgan fingerprint density at radius 3 is 2.70 bits per heavy atom. The van der Waals surface area contributed by atoms with Crippen LogP contribution in [0.15, 0.2) is 48.4 Å². The fourth-order valence-electron chi connectivity index (χ4n) is 2.79. The van der Waals surface area contributed by atoms with Gasteiger partial charge in [-0.05, 0) is 40.1 Å². The Balaban J connectivity index is 1.92. The van der Waals surface area contributed by atoms with E-state index in [1.165, 1.54) is 23.1 Å². The van der Waals surface area contributed by atoms with Crippen molar-refractivity contribution in [2.24, 2.45) is 0 Å². The summed E-state index contributed by atoms with van der Waals surface area (Å²) in [4.78, 5) is 18.0. The van der Waals surface area contributed by atoms with Gasteiger partial charge in [0.15, 0.2) is 0 Å². The van der Waals surface area contributed by atoms with E-state index in [1.807, 2.05) is 28.3 Å². The number of nitrogens with zero attached hydrogens (tertiary/aromatic N) is 2. The van der Waals surface area contributed by atoms with Crippen LogP contribution in [-0.4, -0.2) is 14.7 Å². The predicted octanol–water partition coefficient (Wildman–Crippen LogP) is 6.86. The molecule has 0 saturated heterocycles. The maximum atomic E-state index is 13.1. The Labute approximate surface area is 177 Å². The second-order valence-corrected chi connectivity index (χ2v) is 10.2. The van der Waals surface area contributed by atoms with Crippen molar-refractivity contribution >= 4 is 51.4 Å². The minimum absolute atomic E-state index is 0.0612. The highest BCUT2D eigenvalue weighted by atomic mass is 35.5. The predicted molar refractivity (Wildman–Crippen MR) is 116 cm³/mol. The van der Waals surface area contributed by atoms with Crippen LogP contribution in [-0.2, 0) is 12.0 Å². The summed E-state index contributed by atoms with van der Waals surface area (Å²) in [5.41, 5.74) is 1.89. The maximum Gasteiger partial charge on any atom is 0.230 e. The molecule has 3 rings (SSSR count). The van der Waals surface area contributed by atoms with Crippen LogP contribution in [0.25, 0.3) is 0 Å². The lowest BCUT2D eigenvalue weighted by atomic mass is 9.87. The molecule has 0 amide bonds. The largest absolute Gasteiger partial charge is 0.336 e. The molecule has 0 aliphatic heterocycles. The first-order valence-electron chi connectivity index (χ1n) is 8.45. The molecule has 0 bridgehead atoms. The Bertz CT molecular complexity index is 930. The first kappa shape index (κ1) is 20.5. The van der Waals surface area contributed by atoms with E-state index in [2.05, 4.69) is 25.8 Å². The average Bonchev–Trinajstić information content (AvgIpc) is 3.25. The SMILES string of the molecule is CC(C)(C)c1ccsc1C(=O)SC(Cn1ccnc1)c1ccc(Cl)cc1Cl. The van der Waals surface area contributed by atoms with Crippen molar-refractivity contribution in [1.29, 1.82) is 0 Å². The zero-order valence-electron chi connectivity index (χ0n) is 15.3. The van der Waals surface area contributed by atoms with E-state index < -0.39 is 0 Å². The first-order chi connectivity index (χ1) is 12.8. The van der Waals surface area contributed by atoms with Gasteiger partial charge in [0.25, 0.3) is 0 Å². The number of carbonyl (C=O) groups excluding carboxylic acids is 1. The summed E-state index contributed by atoms with van der Waals surface area (Å²) in [5, 5.41) is 3.04. The summed E-state index contributed by atoms with van der Waals surface area (Å²) in [6.45, 7) is 6.95. The molecule has 2 heterocycles. The smallest absolute Gasteiger partial charge is 0.230 e. The van der Waals surface area contributed by atoms with Crippen LogP contribution in [0.4, 0.5) is 0 Å². The van der Waals surface area contributed by atoms with E-state index in [1.54, 1.807) is 24.7 Å². The minimum Gasteiger partial charge on any atom is -0.336 e. The Hall–Kier alpha value is -1.27. The molecule has 0 N–H and O–H groups in total. The summed E-state index contributed by atoms with van der Waals surface area (Å²) < 4.78 is 1.95. The van der Waals surface area contributed by atoms with Gasteiger partial charge in [0.1, 0.15) is 0 Å². The number of thioether (sulfide) groups is 1. The van der Waals surface area contributed by atoms with Gasteiger partial charge in [-0.3, -0.25) is 4.79 Å². The first-order valence-corrected chi connectivity index (χ1v) is 11.0. The molecular weight excluding hydrogens is 419 g/mol. The van der Waals surface area contributed by atoms with Gasteiger partial charge in [0, 0.05) is 29.0 Å². The van der Waals surface area contributed by atoms with Crippen molar-refractivity contribution in [2.75, 3.05) is 0 Å². The number of benzene rings is 1. The van der Waals surface area contributed by atoms with Crippen molar-refractivity contribution < 1.29 is 4.79 Å². The van der Waals surface area contributed by atoms with E-state index in [0.717, 1.165) is 16.0 Å². The monoisotopic (exact) mass is 438 g/mol. The normalized spacial score (nSPS) is 12.9. The maximum absolute atomic E-state index is 13.1. The molecule has 142 valence electrons. The third-order valence-corrected chi connectivity index (χ3v) is 6.86. The highest BCUT2D eigenvalue weighted by Gasteiger charge is 2.27. The Kier molecular flexibility index (Phi) is 6.36. The summed E-state index contributed by atoms with van der Waals surface area (Å²) in [7, 11) is 0. The van der Waals surface area contributed by atoms with Crippen molar-refractivity contribution in [3.05, 3.63) is 74.4 Å². The highest BCUT2D eigenvalue weighted by Crippen LogP contribution is 2.40. The molecule has 0 saturated carbocycles. The standard InChI is InChI=1S/C20H20Cl2N2OS2/c1-20(2,3)15-6-9-26-18(15)19(25)27-17(11-24-8-7-23-12-24)14-5-4-13(21)10-16(14)22/h4-10,12,17H,11H2,1-3H3. The Morgan fingerprint density at radius 2 is 2.07 bits per heavy atom. The van der Waals surface area contributed by atoms with Gasteiger partial charge in [-0.2, -0.15) is 0 Å². The number of aromatic nitrogens is 2. The molecule has 1 aromatic carbocycles. The minimum atomic E-state index is -0.147. The van der Waals surface area contributed by atoms with Crippen molar-refractivity contribution in [3.8, 4) is 0 Å². The number of hydrogen-bond donors (Lipinski definition) is 0. The number of halogens is 2. The van der Waals surface area contributed by atoms with Crippen LogP contribution < -0.4 is 0 Å². The fourth-order valence-corrected chi connectivity index (χ4v) is 5.67. The molecule has 3 aromatic rings. The summed E-state index contributed by atoms with van der Waals surface area (Å²) in [6.07, 6.45) is 5.35. The lowest BCUT2D eigenvalue weighted by molar-refractivity contribution is 0.109. The van der Waals surface area contributed by atoms with Crippen LogP contribution in [0.1, 0.15) is 46.8 Å². The number of rotatable bonds is 5. The molecule has 3 nitrogen and oxygen atoms in total. The molecule has 2 aromatic heterocycles. The zero-order chi connectivity index (χ0) is 19.6. The van der Waals surface area contributed by atoms with Gasteiger partial charge >= 0.3 is 0 Å². The molecule has 1 atom stereocenters. The molecule has 7 heteroatoms. The van der Waals surface area contributed by atoms with Gasteiger partial charge in [0.05, 0.1) is 16.5 Å². The molecule has 1 unspecified atom stereocenters.